The number of amides is 1. The number of rotatable bonds is 4. The zero-order valence-corrected chi connectivity index (χ0v) is 17.3. The Bertz CT molecular complexity index is 1050. The largest absolute Gasteiger partial charge is 0.416 e. The molecule has 1 fully saturated rings. The molecule has 1 aliphatic heterocycles. The number of halogens is 3. The fourth-order valence-corrected chi connectivity index (χ4v) is 3.97. The van der Waals surface area contributed by atoms with E-state index in [0.29, 0.717) is 48.7 Å². The van der Waals surface area contributed by atoms with Gasteiger partial charge >= 0.3 is 6.18 Å². The molecule has 1 N–H and O–H groups in total. The Morgan fingerprint density at radius 1 is 1.03 bits per heavy atom. The summed E-state index contributed by atoms with van der Waals surface area (Å²) in [7, 11) is -3.42. The third-order valence-electron chi connectivity index (χ3n) is 4.87. The summed E-state index contributed by atoms with van der Waals surface area (Å²) in [6, 6.07) is 9.88. The van der Waals surface area contributed by atoms with E-state index in [9.17, 15) is 26.4 Å². The topological polar surface area (TPSA) is 69.7 Å². The van der Waals surface area contributed by atoms with Crippen molar-refractivity contribution >= 4 is 27.3 Å². The Balaban J connectivity index is 1.67. The van der Waals surface area contributed by atoms with Gasteiger partial charge in [0.25, 0.3) is 5.91 Å². The molecule has 0 aliphatic carbocycles. The minimum atomic E-state index is -4.40. The maximum Gasteiger partial charge on any atom is 0.416 e. The fraction of sp³-hybridized carbons (Fsp3) is 0.350. The van der Waals surface area contributed by atoms with E-state index in [2.05, 4.69) is 4.72 Å². The van der Waals surface area contributed by atoms with Crippen LogP contribution in [0.3, 0.4) is 0 Å². The van der Waals surface area contributed by atoms with E-state index in [1.807, 2.05) is 4.90 Å². The molecule has 10 heteroatoms. The minimum absolute atomic E-state index is 0.201. The van der Waals surface area contributed by atoms with Crippen LogP contribution in [0, 0.1) is 6.92 Å². The molecule has 0 bridgehead atoms. The second kappa shape index (κ2) is 8.17. The molecule has 30 heavy (non-hydrogen) atoms. The van der Waals surface area contributed by atoms with Crippen molar-refractivity contribution < 1.29 is 26.4 Å². The fourth-order valence-electron chi connectivity index (χ4n) is 3.34. The number of carbonyl (C=O) groups excluding carboxylic acids is 1. The first-order chi connectivity index (χ1) is 13.9. The van der Waals surface area contributed by atoms with Crippen molar-refractivity contribution in [3.63, 3.8) is 0 Å². The molecule has 162 valence electrons. The van der Waals surface area contributed by atoms with Crippen molar-refractivity contribution in [3.05, 3.63) is 59.2 Å². The number of sulfonamides is 1. The number of piperazine rings is 1. The van der Waals surface area contributed by atoms with E-state index in [1.165, 1.54) is 6.07 Å². The predicted molar refractivity (Wildman–Crippen MR) is 109 cm³/mol. The molecular weight excluding hydrogens is 419 g/mol. The highest BCUT2D eigenvalue weighted by atomic mass is 32.2. The lowest BCUT2D eigenvalue weighted by molar-refractivity contribution is -0.137. The van der Waals surface area contributed by atoms with E-state index in [-0.39, 0.29) is 5.91 Å². The summed E-state index contributed by atoms with van der Waals surface area (Å²) >= 11 is 0. The van der Waals surface area contributed by atoms with Gasteiger partial charge in [0.05, 0.1) is 17.5 Å². The smallest absolute Gasteiger partial charge is 0.368 e. The molecule has 1 amide bonds. The number of benzene rings is 2. The molecular formula is C20H22F3N3O3S. The highest BCUT2D eigenvalue weighted by Gasteiger charge is 2.31. The minimum Gasteiger partial charge on any atom is -0.368 e. The Kier molecular flexibility index (Phi) is 5.98. The van der Waals surface area contributed by atoms with Gasteiger partial charge in [0.15, 0.2) is 0 Å². The van der Waals surface area contributed by atoms with Crippen LogP contribution in [0.25, 0.3) is 0 Å². The monoisotopic (exact) mass is 441 g/mol. The standard InChI is InChI=1S/C20H22F3N3O3S/c1-14-12-15(6-7-18(14)24-30(2,28)29)19(27)26-10-8-25(9-11-26)17-5-3-4-16(13-17)20(21,22)23/h3-7,12-13,24H,8-11H2,1-2H3. The summed E-state index contributed by atoms with van der Waals surface area (Å²) in [6.45, 7) is 3.28. The van der Waals surface area contributed by atoms with Gasteiger partial charge in [0.2, 0.25) is 10.0 Å². The van der Waals surface area contributed by atoms with Gasteiger partial charge in [-0.15, -0.1) is 0 Å². The van der Waals surface area contributed by atoms with Crippen molar-refractivity contribution in [2.24, 2.45) is 0 Å². The van der Waals surface area contributed by atoms with Crippen LogP contribution in [0.2, 0.25) is 0 Å². The van der Waals surface area contributed by atoms with Crippen LogP contribution < -0.4 is 9.62 Å². The Labute approximate surface area is 173 Å². The van der Waals surface area contributed by atoms with Gasteiger partial charge in [0, 0.05) is 37.4 Å². The highest BCUT2D eigenvalue weighted by molar-refractivity contribution is 7.92. The quantitative estimate of drug-likeness (QED) is 0.790. The maximum absolute atomic E-state index is 12.9. The molecule has 3 rings (SSSR count). The first kappa shape index (κ1) is 21.9. The number of nitrogens with zero attached hydrogens (tertiary/aromatic N) is 2. The van der Waals surface area contributed by atoms with Gasteiger partial charge in [-0.2, -0.15) is 13.2 Å². The number of anilines is 2. The van der Waals surface area contributed by atoms with Gasteiger partial charge < -0.3 is 9.80 Å². The molecule has 0 radical (unpaired) electrons. The number of carbonyl (C=O) groups is 1. The van der Waals surface area contributed by atoms with E-state index in [0.717, 1.165) is 18.4 Å². The van der Waals surface area contributed by atoms with E-state index >= 15 is 0 Å². The molecule has 0 spiro atoms. The molecule has 2 aromatic rings. The third kappa shape index (κ3) is 5.24. The van der Waals surface area contributed by atoms with Crippen molar-refractivity contribution in [3.8, 4) is 0 Å². The SMILES string of the molecule is Cc1cc(C(=O)N2CCN(c3cccc(C(F)(F)F)c3)CC2)ccc1NS(C)(=O)=O. The molecule has 1 aliphatic rings. The number of aryl methyl sites for hydroxylation is 1. The summed E-state index contributed by atoms with van der Waals surface area (Å²) in [4.78, 5) is 16.3. The van der Waals surface area contributed by atoms with E-state index in [4.69, 9.17) is 0 Å². The van der Waals surface area contributed by atoms with Crippen molar-refractivity contribution in [2.75, 3.05) is 42.1 Å². The van der Waals surface area contributed by atoms with Gasteiger partial charge in [-0.3, -0.25) is 9.52 Å². The zero-order valence-electron chi connectivity index (χ0n) is 16.5. The number of nitrogens with one attached hydrogen (secondary N) is 1. The number of hydrogen-bond donors (Lipinski definition) is 1. The van der Waals surface area contributed by atoms with Crippen LogP contribution in [-0.2, 0) is 16.2 Å². The summed E-state index contributed by atoms with van der Waals surface area (Å²) in [6.07, 6.45) is -3.35. The van der Waals surface area contributed by atoms with Crippen LogP contribution in [0.5, 0.6) is 0 Å². The highest BCUT2D eigenvalue weighted by Crippen LogP contribution is 2.32. The number of hydrogen-bond acceptors (Lipinski definition) is 4. The molecule has 1 heterocycles. The van der Waals surface area contributed by atoms with Crippen molar-refractivity contribution in [1.82, 2.24) is 4.90 Å². The molecule has 6 nitrogen and oxygen atoms in total. The van der Waals surface area contributed by atoms with Crippen LogP contribution in [0.4, 0.5) is 24.5 Å². The summed E-state index contributed by atoms with van der Waals surface area (Å²) in [5.74, 6) is -0.201. The van der Waals surface area contributed by atoms with Crippen molar-refractivity contribution in [1.29, 1.82) is 0 Å². The lowest BCUT2D eigenvalue weighted by atomic mass is 10.1. The average Bonchev–Trinajstić information content (AvgIpc) is 2.67. The Hall–Kier alpha value is -2.75. The molecule has 1 saturated heterocycles. The Morgan fingerprint density at radius 3 is 2.27 bits per heavy atom. The van der Waals surface area contributed by atoms with Gasteiger partial charge in [-0.25, -0.2) is 8.42 Å². The summed E-state index contributed by atoms with van der Waals surface area (Å²) in [5, 5.41) is 0. The predicted octanol–water partition coefficient (Wildman–Crippen LogP) is 3.35. The summed E-state index contributed by atoms with van der Waals surface area (Å²) in [5.41, 5.74) is 1.23. The summed E-state index contributed by atoms with van der Waals surface area (Å²) < 4.78 is 64.0. The van der Waals surface area contributed by atoms with Gasteiger partial charge in [0.1, 0.15) is 0 Å². The van der Waals surface area contributed by atoms with Crippen molar-refractivity contribution in [2.45, 2.75) is 13.1 Å². The Morgan fingerprint density at radius 2 is 1.70 bits per heavy atom. The van der Waals surface area contributed by atoms with E-state index in [1.54, 1.807) is 36.1 Å². The average molecular weight is 441 g/mol. The molecule has 0 aromatic heterocycles. The van der Waals surface area contributed by atoms with E-state index < -0.39 is 21.8 Å². The van der Waals surface area contributed by atoms with Crippen LogP contribution >= 0.6 is 0 Å². The third-order valence-corrected chi connectivity index (χ3v) is 5.46. The van der Waals surface area contributed by atoms with Gasteiger partial charge in [-0.1, -0.05) is 6.07 Å². The first-order valence-electron chi connectivity index (χ1n) is 9.24. The first-order valence-corrected chi connectivity index (χ1v) is 11.1. The van der Waals surface area contributed by atoms with Gasteiger partial charge in [-0.05, 0) is 48.9 Å². The number of alkyl halides is 3. The molecule has 2 aromatic carbocycles. The second-order valence-electron chi connectivity index (χ2n) is 7.23. The molecule has 0 atom stereocenters. The van der Waals surface area contributed by atoms with Crippen LogP contribution in [0.1, 0.15) is 21.5 Å². The maximum atomic E-state index is 12.9. The zero-order chi connectivity index (χ0) is 22.1. The lowest BCUT2D eigenvalue weighted by Gasteiger charge is -2.36. The van der Waals surface area contributed by atoms with Crippen LogP contribution in [0.15, 0.2) is 42.5 Å². The second-order valence-corrected chi connectivity index (χ2v) is 8.98. The van der Waals surface area contributed by atoms with Crippen LogP contribution in [-0.4, -0.2) is 51.7 Å². The molecule has 0 saturated carbocycles. The normalized spacial score (nSPS) is 15.2. The molecule has 0 unspecified atom stereocenters. The lowest BCUT2D eigenvalue weighted by Crippen LogP contribution is -2.48.